The Morgan fingerprint density at radius 3 is 1.38 bits per heavy atom. The van der Waals surface area contributed by atoms with Gasteiger partial charge in [-0.3, -0.25) is 9.13 Å². The fraction of sp³-hybridized carbons (Fsp3) is 0.211. The number of rotatable bonds is 7. The van der Waals surface area contributed by atoms with Crippen LogP contribution < -0.4 is 10.4 Å². The predicted molar refractivity (Wildman–Crippen MR) is 266 cm³/mol. The van der Waals surface area contributed by atoms with Gasteiger partial charge in [0.05, 0.1) is 22.1 Å². The van der Waals surface area contributed by atoms with Crippen molar-refractivity contribution in [1.82, 2.24) is 24.1 Å². The topological polar surface area (TPSA) is 61.7 Å². The van der Waals surface area contributed by atoms with Gasteiger partial charge >= 0.3 is 0 Å². The van der Waals surface area contributed by atoms with Gasteiger partial charge in [0, 0.05) is 37.9 Å². The average Bonchev–Trinajstić information content (AvgIpc) is 4.03. The van der Waals surface area contributed by atoms with E-state index in [0.29, 0.717) is 28.8 Å². The largest absolute Gasteiger partial charge is 0.456 e. The van der Waals surface area contributed by atoms with Crippen LogP contribution in [0.5, 0.6) is 0 Å². The van der Waals surface area contributed by atoms with E-state index < -0.39 is 8.07 Å². The lowest BCUT2D eigenvalue weighted by atomic mass is 9.99. The number of hydrogen-bond donors (Lipinski definition) is 0. The summed E-state index contributed by atoms with van der Waals surface area (Å²) in [6.07, 6.45) is 13.1. The maximum Gasteiger partial charge on any atom is 0.240 e. The molecule has 0 N–H and O–H groups in total. The van der Waals surface area contributed by atoms with Crippen LogP contribution >= 0.6 is 0 Å². The second-order valence-electron chi connectivity index (χ2n) is 18.4. The quantitative estimate of drug-likeness (QED) is 0.150. The summed E-state index contributed by atoms with van der Waals surface area (Å²) in [7, 11) is -2.49. The zero-order valence-electron chi connectivity index (χ0n) is 36.0. The number of benzene rings is 7. The minimum absolute atomic E-state index is 0.616. The van der Waals surface area contributed by atoms with Gasteiger partial charge in [-0.15, -0.1) is 0 Å². The van der Waals surface area contributed by atoms with E-state index in [1.54, 1.807) is 5.19 Å². The Morgan fingerprint density at radius 1 is 0.391 bits per heavy atom. The van der Waals surface area contributed by atoms with Crippen molar-refractivity contribution in [2.75, 3.05) is 0 Å². The Bertz CT molecular complexity index is 3310. The molecule has 2 fully saturated rings. The number of nitrogens with zero attached hydrogens (tertiary/aromatic N) is 5. The highest BCUT2D eigenvalue weighted by Gasteiger charge is 2.50. The molecule has 13 rings (SSSR count). The minimum atomic E-state index is -2.49. The van der Waals surface area contributed by atoms with Gasteiger partial charge in [0.1, 0.15) is 19.2 Å². The molecule has 2 aliphatic carbocycles. The standard InChI is InChI=1S/C57H49N5OSi/c1-3-19-39(20-4-1)64(40-21-5-2-6-22-40,42-34-35-54-48(37-42)47-28-11-16-33-53(47)63-54)41-23-17-18-38(36-41)55-58-56(61-49-29-12-7-24-43(49)44-25-8-13-30-50(44)61)60-57(59-55)62-51-31-14-9-26-45(51)46-27-10-15-32-52(46)62/h7-18,23-37,39-40H,1-6,19-22H2. The summed E-state index contributed by atoms with van der Waals surface area (Å²) in [6.45, 7) is 0. The molecule has 312 valence electrons. The Morgan fingerprint density at radius 2 is 0.844 bits per heavy atom. The Labute approximate surface area is 373 Å². The lowest BCUT2D eigenvalue weighted by Gasteiger charge is -2.48. The molecule has 4 aromatic heterocycles. The molecule has 4 heterocycles. The van der Waals surface area contributed by atoms with Gasteiger partial charge in [-0.1, -0.05) is 202 Å². The minimum Gasteiger partial charge on any atom is -0.456 e. The van der Waals surface area contributed by atoms with E-state index in [-0.39, 0.29) is 0 Å². The molecule has 0 amide bonds. The fourth-order valence-corrected chi connectivity index (χ4v) is 19.4. The van der Waals surface area contributed by atoms with E-state index in [1.165, 1.54) is 102 Å². The highest BCUT2D eigenvalue weighted by atomic mass is 28.3. The second-order valence-corrected chi connectivity index (χ2v) is 23.0. The monoisotopic (exact) mass is 847 g/mol. The fourth-order valence-electron chi connectivity index (χ4n) is 12.4. The van der Waals surface area contributed by atoms with Gasteiger partial charge in [-0.05, 0) is 47.5 Å². The van der Waals surface area contributed by atoms with E-state index in [4.69, 9.17) is 19.4 Å². The van der Waals surface area contributed by atoms with Crippen molar-refractivity contribution in [2.45, 2.75) is 75.3 Å². The van der Waals surface area contributed by atoms with Crippen molar-refractivity contribution in [3.8, 4) is 23.3 Å². The Kier molecular flexibility index (Phi) is 8.93. The zero-order valence-corrected chi connectivity index (χ0v) is 37.0. The third-order valence-electron chi connectivity index (χ3n) is 15.1. The first-order valence-electron chi connectivity index (χ1n) is 23.5. The van der Waals surface area contributed by atoms with Crippen molar-refractivity contribution in [3.05, 3.63) is 164 Å². The average molecular weight is 848 g/mol. The molecule has 0 spiro atoms. The summed E-state index contributed by atoms with van der Waals surface area (Å²) in [5.74, 6) is 1.92. The predicted octanol–water partition coefficient (Wildman–Crippen LogP) is 13.9. The smallest absolute Gasteiger partial charge is 0.240 e. The third kappa shape index (κ3) is 5.79. The summed E-state index contributed by atoms with van der Waals surface area (Å²) in [4.78, 5) is 16.5. The summed E-state index contributed by atoms with van der Waals surface area (Å²) < 4.78 is 11.0. The van der Waals surface area contributed by atoms with Crippen LogP contribution in [0.2, 0.25) is 11.1 Å². The summed E-state index contributed by atoms with van der Waals surface area (Å²) in [5, 5.41) is 10.3. The lowest BCUT2D eigenvalue weighted by molar-refractivity contribution is 0.459. The molecule has 0 radical (unpaired) electrons. The number of aromatic nitrogens is 5. The molecule has 0 aliphatic heterocycles. The van der Waals surface area contributed by atoms with Crippen LogP contribution in [0, 0.1) is 0 Å². The lowest BCUT2D eigenvalue weighted by Crippen LogP contribution is -2.65. The van der Waals surface area contributed by atoms with E-state index >= 15 is 0 Å². The van der Waals surface area contributed by atoms with Gasteiger partial charge in [0.25, 0.3) is 0 Å². The second kappa shape index (κ2) is 15.2. The first-order valence-corrected chi connectivity index (χ1v) is 25.7. The molecule has 0 saturated heterocycles. The number of fused-ring (bicyclic) bond motifs is 9. The van der Waals surface area contributed by atoms with Crippen LogP contribution in [0.25, 0.3) is 88.8 Å². The summed E-state index contributed by atoms with van der Waals surface area (Å²) in [6, 6.07) is 60.0. The number of para-hydroxylation sites is 5. The molecule has 11 aromatic rings. The maximum atomic E-state index is 6.47. The van der Waals surface area contributed by atoms with Crippen molar-refractivity contribution in [2.24, 2.45) is 0 Å². The van der Waals surface area contributed by atoms with Gasteiger partial charge in [0.15, 0.2) is 5.82 Å². The summed E-state index contributed by atoms with van der Waals surface area (Å²) >= 11 is 0. The maximum absolute atomic E-state index is 6.47. The van der Waals surface area contributed by atoms with Gasteiger partial charge in [-0.2, -0.15) is 15.0 Å². The van der Waals surface area contributed by atoms with Gasteiger partial charge in [-0.25, -0.2) is 0 Å². The Balaban J connectivity index is 1.08. The van der Waals surface area contributed by atoms with Crippen LogP contribution in [-0.2, 0) is 0 Å². The van der Waals surface area contributed by atoms with Crippen LogP contribution in [0.15, 0.2) is 168 Å². The van der Waals surface area contributed by atoms with Crippen molar-refractivity contribution >= 4 is 84.0 Å². The van der Waals surface area contributed by atoms with Crippen molar-refractivity contribution in [3.63, 3.8) is 0 Å². The molecular formula is C57H49N5OSi. The van der Waals surface area contributed by atoms with E-state index in [1.807, 2.05) is 0 Å². The SMILES string of the molecule is c1cc(-c2nc(-n3c4ccccc4c4ccccc43)nc(-n3c4ccccc4c4ccccc43)n2)cc([Si](c2ccc3oc4ccccc4c3c2)(C2CCCCC2)C2CCCCC2)c1. The zero-order chi connectivity index (χ0) is 42.2. The van der Waals surface area contributed by atoms with E-state index in [9.17, 15) is 0 Å². The number of hydrogen-bond acceptors (Lipinski definition) is 4. The molecule has 0 unspecified atom stereocenters. The highest BCUT2D eigenvalue weighted by molar-refractivity contribution is 7.04. The third-order valence-corrected chi connectivity index (χ3v) is 21.4. The number of furan rings is 1. The molecular weight excluding hydrogens is 799 g/mol. The first kappa shape index (κ1) is 37.7. The van der Waals surface area contributed by atoms with Crippen LogP contribution in [0.4, 0.5) is 0 Å². The molecule has 2 aliphatic rings. The van der Waals surface area contributed by atoms with Crippen molar-refractivity contribution in [1.29, 1.82) is 0 Å². The molecule has 6 nitrogen and oxygen atoms in total. The van der Waals surface area contributed by atoms with Gasteiger partial charge in [0.2, 0.25) is 11.9 Å². The van der Waals surface area contributed by atoms with E-state index in [2.05, 4.69) is 173 Å². The van der Waals surface area contributed by atoms with Crippen LogP contribution in [-0.4, -0.2) is 32.2 Å². The molecule has 2 saturated carbocycles. The van der Waals surface area contributed by atoms with E-state index in [0.717, 1.165) is 38.8 Å². The molecule has 0 atom stereocenters. The molecule has 7 aromatic carbocycles. The molecule has 0 bridgehead atoms. The normalized spacial score (nSPS) is 15.7. The van der Waals surface area contributed by atoms with Gasteiger partial charge < -0.3 is 4.42 Å². The Hall–Kier alpha value is -6.83. The van der Waals surface area contributed by atoms with Crippen LogP contribution in [0.1, 0.15) is 64.2 Å². The van der Waals surface area contributed by atoms with Crippen LogP contribution in [0.3, 0.4) is 0 Å². The highest BCUT2D eigenvalue weighted by Crippen LogP contribution is 2.49. The molecule has 7 heteroatoms. The molecule has 64 heavy (non-hydrogen) atoms. The first-order chi connectivity index (χ1) is 31.7. The van der Waals surface area contributed by atoms with Crippen molar-refractivity contribution < 1.29 is 4.42 Å². The summed E-state index contributed by atoms with van der Waals surface area (Å²) in [5.41, 5.74) is 8.59.